The fourth-order valence-electron chi connectivity index (χ4n) is 1.49. The second-order valence-electron chi connectivity index (χ2n) is 3.60. The molecule has 0 saturated heterocycles. The molecule has 2 aromatic rings. The molecule has 0 radical (unpaired) electrons. The Morgan fingerprint density at radius 1 is 1.35 bits per heavy atom. The molecule has 0 aliphatic carbocycles. The van der Waals surface area contributed by atoms with Crippen LogP contribution in [0.5, 0.6) is 0 Å². The first-order valence-electron chi connectivity index (χ1n) is 5.16. The van der Waals surface area contributed by atoms with Gasteiger partial charge in [0, 0.05) is 5.56 Å². The summed E-state index contributed by atoms with van der Waals surface area (Å²) in [6.07, 6.45) is 1.50. The van der Waals surface area contributed by atoms with Gasteiger partial charge in [-0.15, -0.1) is 0 Å². The molecule has 2 rings (SSSR count). The predicted octanol–water partition coefficient (Wildman–Crippen LogP) is 1.32. The summed E-state index contributed by atoms with van der Waals surface area (Å²) in [5.74, 6) is -1.07. The SMILES string of the molecule is CNCc1ncn(Cc2cccc(F)c2F)n1. The first-order valence-corrected chi connectivity index (χ1v) is 5.16. The molecule has 0 bridgehead atoms. The van der Waals surface area contributed by atoms with Gasteiger partial charge in [-0.3, -0.25) is 0 Å². The Labute approximate surface area is 97.3 Å². The Morgan fingerprint density at radius 2 is 2.18 bits per heavy atom. The van der Waals surface area contributed by atoms with E-state index < -0.39 is 11.6 Å². The highest BCUT2D eigenvalue weighted by Gasteiger charge is 2.08. The molecule has 0 aliphatic heterocycles. The maximum absolute atomic E-state index is 13.4. The van der Waals surface area contributed by atoms with Crippen molar-refractivity contribution >= 4 is 0 Å². The van der Waals surface area contributed by atoms with Gasteiger partial charge in [-0.25, -0.2) is 18.4 Å². The van der Waals surface area contributed by atoms with Gasteiger partial charge in [0.05, 0.1) is 13.1 Å². The van der Waals surface area contributed by atoms with Crippen molar-refractivity contribution in [3.63, 3.8) is 0 Å². The first kappa shape index (κ1) is 11.7. The molecule has 6 heteroatoms. The molecule has 0 atom stereocenters. The van der Waals surface area contributed by atoms with Crippen molar-refractivity contribution in [1.29, 1.82) is 0 Å². The van der Waals surface area contributed by atoms with Crippen molar-refractivity contribution in [3.8, 4) is 0 Å². The molecule has 0 spiro atoms. The van der Waals surface area contributed by atoms with Crippen LogP contribution in [0.4, 0.5) is 8.78 Å². The summed E-state index contributed by atoms with van der Waals surface area (Å²) in [4.78, 5) is 4.03. The third-order valence-electron chi connectivity index (χ3n) is 2.28. The van der Waals surface area contributed by atoms with Gasteiger partial charge in [-0.1, -0.05) is 12.1 Å². The largest absolute Gasteiger partial charge is 0.313 e. The summed E-state index contributed by atoms with van der Waals surface area (Å²) in [6, 6.07) is 4.09. The van der Waals surface area contributed by atoms with Crippen LogP contribution in [0.25, 0.3) is 0 Å². The van der Waals surface area contributed by atoms with E-state index in [4.69, 9.17) is 0 Å². The number of nitrogens with zero attached hydrogens (tertiary/aromatic N) is 3. The summed E-state index contributed by atoms with van der Waals surface area (Å²) in [6.45, 7) is 0.707. The smallest absolute Gasteiger partial charge is 0.164 e. The Balaban J connectivity index is 2.16. The second-order valence-corrected chi connectivity index (χ2v) is 3.60. The highest BCUT2D eigenvalue weighted by molar-refractivity contribution is 5.18. The summed E-state index contributed by atoms with van der Waals surface area (Å²) in [5, 5.41) is 7.03. The number of nitrogens with one attached hydrogen (secondary N) is 1. The Morgan fingerprint density at radius 3 is 2.94 bits per heavy atom. The molecule has 1 aromatic heterocycles. The summed E-state index contributed by atoms with van der Waals surface area (Å²) in [5.41, 5.74) is 0.255. The minimum absolute atomic E-state index is 0.167. The molecule has 0 aliphatic rings. The van der Waals surface area contributed by atoms with E-state index in [1.54, 1.807) is 7.05 Å². The monoisotopic (exact) mass is 238 g/mol. The van der Waals surface area contributed by atoms with Gasteiger partial charge in [0.15, 0.2) is 17.5 Å². The van der Waals surface area contributed by atoms with Crippen LogP contribution < -0.4 is 5.32 Å². The average Bonchev–Trinajstić information content (AvgIpc) is 2.73. The molecular formula is C11H12F2N4. The third kappa shape index (κ3) is 2.65. The highest BCUT2D eigenvalue weighted by Crippen LogP contribution is 2.12. The third-order valence-corrected chi connectivity index (χ3v) is 2.28. The maximum atomic E-state index is 13.4. The van der Waals surface area contributed by atoms with Gasteiger partial charge in [-0.2, -0.15) is 5.10 Å². The van der Waals surface area contributed by atoms with E-state index in [0.29, 0.717) is 12.4 Å². The van der Waals surface area contributed by atoms with Crippen molar-refractivity contribution in [3.05, 3.63) is 47.5 Å². The molecule has 0 unspecified atom stereocenters. The number of rotatable bonds is 4. The topological polar surface area (TPSA) is 42.7 Å². The normalized spacial score (nSPS) is 10.8. The molecular weight excluding hydrogens is 226 g/mol. The van der Waals surface area contributed by atoms with Gasteiger partial charge >= 0.3 is 0 Å². The van der Waals surface area contributed by atoms with Crippen LogP contribution in [0.2, 0.25) is 0 Å². The Hall–Kier alpha value is -1.82. The first-order chi connectivity index (χ1) is 8.20. The lowest BCUT2D eigenvalue weighted by Gasteiger charge is -2.03. The van der Waals surface area contributed by atoms with Gasteiger partial charge in [0.1, 0.15) is 6.33 Å². The van der Waals surface area contributed by atoms with Gasteiger partial charge < -0.3 is 5.32 Å². The van der Waals surface area contributed by atoms with Crippen LogP contribution in [0, 0.1) is 11.6 Å². The van der Waals surface area contributed by atoms with E-state index in [2.05, 4.69) is 15.4 Å². The Kier molecular flexibility index (Phi) is 3.43. The van der Waals surface area contributed by atoms with E-state index in [1.807, 2.05) is 0 Å². The maximum Gasteiger partial charge on any atom is 0.164 e. The minimum atomic E-state index is -0.849. The van der Waals surface area contributed by atoms with Gasteiger partial charge in [0.2, 0.25) is 0 Å². The predicted molar refractivity (Wildman–Crippen MR) is 58.2 cm³/mol. The van der Waals surface area contributed by atoms with Crippen molar-refractivity contribution in [2.45, 2.75) is 13.1 Å². The highest BCUT2D eigenvalue weighted by atomic mass is 19.2. The van der Waals surface area contributed by atoms with Crippen LogP contribution in [-0.4, -0.2) is 21.8 Å². The quantitative estimate of drug-likeness (QED) is 0.873. The lowest BCUT2D eigenvalue weighted by Crippen LogP contribution is -2.08. The fourth-order valence-corrected chi connectivity index (χ4v) is 1.49. The number of halogens is 2. The molecule has 1 N–H and O–H groups in total. The molecule has 0 fully saturated rings. The fraction of sp³-hybridized carbons (Fsp3) is 0.273. The number of aromatic nitrogens is 3. The molecule has 0 saturated carbocycles. The summed E-state index contributed by atoms with van der Waals surface area (Å²) < 4.78 is 27.8. The van der Waals surface area contributed by atoms with Crippen LogP contribution in [0.3, 0.4) is 0 Å². The standard InChI is InChI=1S/C11H12F2N4/c1-14-5-10-15-7-17(16-10)6-8-3-2-4-9(12)11(8)13/h2-4,7,14H,5-6H2,1H3. The molecule has 90 valence electrons. The molecule has 1 heterocycles. The van der Waals surface area contributed by atoms with Crippen molar-refractivity contribution in [1.82, 2.24) is 20.1 Å². The van der Waals surface area contributed by atoms with E-state index in [0.717, 1.165) is 6.07 Å². The second kappa shape index (κ2) is 5.01. The van der Waals surface area contributed by atoms with Crippen molar-refractivity contribution < 1.29 is 8.78 Å². The molecule has 1 aromatic carbocycles. The van der Waals surface area contributed by atoms with E-state index in [9.17, 15) is 8.78 Å². The van der Waals surface area contributed by atoms with Gasteiger partial charge in [-0.05, 0) is 13.1 Å². The number of benzene rings is 1. The van der Waals surface area contributed by atoms with E-state index >= 15 is 0 Å². The van der Waals surface area contributed by atoms with Gasteiger partial charge in [0.25, 0.3) is 0 Å². The van der Waals surface area contributed by atoms with Crippen LogP contribution in [-0.2, 0) is 13.1 Å². The van der Waals surface area contributed by atoms with Crippen LogP contribution >= 0.6 is 0 Å². The molecule has 17 heavy (non-hydrogen) atoms. The molecule has 0 amide bonds. The lowest BCUT2D eigenvalue weighted by atomic mass is 10.2. The van der Waals surface area contributed by atoms with Crippen LogP contribution in [0.1, 0.15) is 11.4 Å². The zero-order valence-corrected chi connectivity index (χ0v) is 9.32. The average molecular weight is 238 g/mol. The zero-order chi connectivity index (χ0) is 12.3. The number of hydrogen-bond acceptors (Lipinski definition) is 3. The molecule has 4 nitrogen and oxygen atoms in total. The summed E-state index contributed by atoms with van der Waals surface area (Å²) in [7, 11) is 1.78. The van der Waals surface area contributed by atoms with Crippen molar-refractivity contribution in [2.24, 2.45) is 0 Å². The van der Waals surface area contributed by atoms with Crippen LogP contribution in [0.15, 0.2) is 24.5 Å². The lowest BCUT2D eigenvalue weighted by molar-refractivity contribution is 0.491. The van der Waals surface area contributed by atoms with E-state index in [1.165, 1.54) is 23.1 Å². The summed E-state index contributed by atoms with van der Waals surface area (Å²) >= 11 is 0. The van der Waals surface area contributed by atoms with Crippen molar-refractivity contribution in [2.75, 3.05) is 7.05 Å². The zero-order valence-electron chi connectivity index (χ0n) is 9.32. The number of hydrogen-bond donors (Lipinski definition) is 1. The van der Waals surface area contributed by atoms with E-state index in [-0.39, 0.29) is 12.1 Å². The minimum Gasteiger partial charge on any atom is -0.313 e. The Bertz CT molecular complexity index is 510.